The van der Waals surface area contributed by atoms with E-state index in [0.29, 0.717) is 18.0 Å². The van der Waals surface area contributed by atoms with Crippen molar-refractivity contribution in [3.05, 3.63) is 60.9 Å². The van der Waals surface area contributed by atoms with Crippen LogP contribution in [0.5, 0.6) is 5.75 Å². The van der Waals surface area contributed by atoms with Gasteiger partial charge >= 0.3 is 6.03 Å². The van der Waals surface area contributed by atoms with E-state index in [0.717, 1.165) is 16.5 Å². The Labute approximate surface area is 146 Å². The molecule has 6 nitrogen and oxygen atoms in total. The Balaban J connectivity index is 1.55. The molecule has 6 heteroatoms. The molecule has 3 aromatic rings. The number of nitrogens with one attached hydrogen (secondary N) is 2. The summed E-state index contributed by atoms with van der Waals surface area (Å²) >= 11 is 0. The molecule has 1 heterocycles. The largest absolute Gasteiger partial charge is 0.491 e. The average Bonchev–Trinajstić information content (AvgIpc) is 2.61. The highest BCUT2D eigenvalue weighted by atomic mass is 16.5. The fourth-order valence-corrected chi connectivity index (χ4v) is 2.44. The summed E-state index contributed by atoms with van der Waals surface area (Å²) in [6.07, 6.45) is 3.47. The quantitative estimate of drug-likeness (QED) is 0.623. The number of nitrogen functional groups attached to an aromatic ring is 1. The summed E-state index contributed by atoms with van der Waals surface area (Å²) in [6.45, 7) is 2.24. The minimum Gasteiger partial charge on any atom is -0.491 e. The number of nitrogens with zero attached hydrogens (tertiary/aromatic N) is 1. The fourth-order valence-electron chi connectivity index (χ4n) is 2.44. The van der Waals surface area contributed by atoms with Crippen molar-refractivity contribution >= 4 is 28.2 Å². The van der Waals surface area contributed by atoms with Crippen LogP contribution in [0, 0.1) is 0 Å². The molecule has 0 unspecified atom stereocenters. The second kappa shape index (κ2) is 7.53. The normalized spacial score (nSPS) is 11.7. The average molecular weight is 336 g/mol. The van der Waals surface area contributed by atoms with Crippen molar-refractivity contribution in [2.45, 2.75) is 13.0 Å². The number of ether oxygens (including phenoxy) is 1. The molecule has 2 amide bonds. The highest BCUT2D eigenvalue weighted by molar-refractivity contribution is 6.01. The van der Waals surface area contributed by atoms with E-state index in [1.165, 1.54) is 0 Å². The van der Waals surface area contributed by atoms with E-state index >= 15 is 0 Å². The van der Waals surface area contributed by atoms with E-state index in [4.69, 9.17) is 10.5 Å². The molecular formula is C19H20N4O2. The van der Waals surface area contributed by atoms with E-state index in [1.54, 1.807) is 36.7 Å². The third kappa shape index (κ3) is 4.38. The number of fused-ring (bicyclic) bond motifs is 1. The maximum atomic E-state index is 12.2. The first-order chi connectivity index (χ1) is 12.1. The molecule has 25 heavy (non-hydrogen) atoms. The molecule has 0 bridgehead atoms. The Morgan fingerprint density at radius 2 is 2.00 bits per heavy atom. The lowest BCUT2D eigenvalue weighted by molar-refractivity contribution is 0.236. The summed E-state index contributed by atoms with van der Waals surface area (Å²) in [6, 6.07) is 14.3. The highest BCUT2D eigenvalue weighted by Gasteiger charge is 2.10. The third-order valence-electron chi connectivity index (χ3n) is 3.69. The minimum atomic E-state index is -0.280. The molecule has 0 radical (unpaired) electrons. The number of pyridine rings is 1. The Morgan fingerprint density at radius 1 is 1.20 bits per heavy atom. The summed E-state index contributed by atoms with van der Waals surface area (Å²) in [5.74, 6) is 0.713. The molecule has 0 aliphatic rings. The van der Waals surface area contributed by atoms with Gasteiger partial charge in [0.15, 0.2) is 0 Å². The summed E-state index contributed by atoms with van der Waals surface area (Å²) in [5.41, 5.74) is 7.06. The van der Waals surface area contributed by atoms with Crippen molar-refractivity contribution < 1.29 is 9.53 Å². The standard InChI is InChI=1S/C19H20N4O2/c1-13(12-25-16-7-5-15(20)6-8-16)22-19(24)23-18-4-2-3-14-11-21-10-9-17(14)18/h2-11,13H,12,20H2,1H3,(H2,22,23,24)/t13-/m0/s1. The van der Waals surface area contributed by atoms with Crippen molar-refractivity contribution in [2.75, 3.05) is 17.7 Å². The van der Waals surface area contributed by atoms with Crippen molar-refractivity contribution in [3.63, 3.8) is 0 Å². The van der Waals surface area contributed by atoms with Crippen LogP contribution in [-0.4, -0.2) is 23.7 Å². The van der Waals surface area contributed by atoms with Crippen LogP contribution in [-0.2, 0) is 0 Å². The SMILES string of the molecule is C[C@@H](COc1ccc(N)cc1)NC(=O)Nc1cccc2cnccc12. The minimum absolute atomic E-state index is 0.158. The number of urea groups is 1. The van der Waals surface area contributed by atoms with Crippen molar-refractivity contribution in [2.24, 2.45) is 0 Å². The van der Waals surface area contributed by atoms with Crippen LogP contribution >= 0.6 is 0 Å². The smallest absolute Gasteiger partial charge is 0.319 e. The molecule has 0 aliphatic heterocycles. The molecule has 0 saturated carbocycles. The van der Waals surface area contributed by atoms with Gasteiger partial charge in [-0.1, -0.05) is 12.1 Å². The van der Waals surface area contributed by atoms with Crippen LogP contribution in [0.2, 0.25) is 0 Å². The van der Waals surface area contributed by atoms with E-state index in [2.05, 4.69) is 15.6 Å². The van der Waals surface area contributed by atoms with Crippen molar-refractivity contribution in [1.82, 2.24) is 10.3 Å². The molecule has 1 atom stereocenters. The predicted molar refractivity (Wildman–Crippen MR) is 99.7 cm³/mol. The van der Waals surface area contributed by atoms with Gasteiger partial charge in [0.2, 0.25) is 0 Å². The van der Waals surface area contributed by atoms with E-state index in [1.807, 2.05) is 31.2 Å². The van der Waals surface area contributed by atoms with Gasteiger partial charge in [0, 0.05) is 28.9 Å². The summed E-state index contributed by atoms with van der Waals surface area (Å²) in [4.78, 5) is 16.3. The van der Waals surface area contributed by atoms with E-state index in [9.17, 15) is 4.79 Å². The molecule has 0 spiro atoms. The van der Waals surface area contributed by atoms with Crippen LogP contribution in [0.1, 0.15) is 6.92 Å². The lowest BCUT2D eigenvalue weighted by atomic mass is 10.1. The summed E-state index contributed by atoms with van der Waals surface area (Å²) in [7, 11) is 0. The van der Waals surface area contributed by atoms with E-state index in [-0.39, 0.29) is 12.1 Å². The predicted octanol–water partition coefficient (Wildman–Crippen LogP) is 3.41. The molecule has 128 valence electrons. The van der Waals surface area contributed by atoms with Crippen molar-refractivity contribution in [3.8, 4) is 5.75 Å². The lowest BCUT2D eigenvalue weighted by Crippen LogP contribution is -2.39. The molecule has 3 rings (SSSR count). The lowest BCUT2D eigenvalue weighted by Gasteiger charge is -2.16. The Bertz CT molecular complexity index is 859. The van der Waals surface area contributed by atoms with Gasteiger partial charge in [-0.15, -0.1) is 0 Å². The summed E-state index contributed by atoms with van der Waals surface area (Å²) < 4.78 is 5.64. The highest BCUT2D eigenvalue weighted by Crippen LogP contribution is 2.22. The van der Waals surface area contributed by atoms with Gasteiger partial charge in [-0.25, -0.2) is 4.79 Å². The van der Waals surface area contributed by atoms with Gasteiger partial charge in [0.1, 0.15) is 12.4 Å². The number of anilines is 2. The monoisotopic (exact) mass is 336 g/mol. The molecular weight excluding hydrogens is 316 g/mol. The topological polar surface area (TPSA) is 89.3 Å². The van der Waals surface area contributed by atoms with Crippen molar-refractivity contribution in [1.29, 1.82) is 0 Å². The number of hydrogen-bond donors (Lipinski definition) is 3. The number of nitrogens with two attached hydrogens (primary N) is 1. The van der Waals surface area contributed by atoms with Crippen LogP contribution in [0.3, 0.4) is 0 Å². The zero-order chi connectivity index (χ0) is 17.6. The molecule has 0 fully saturated rings. The number of carbonyl (C=O) groups is 1. The van der Waals surface area contributed by atoms with Gasteiger partial charge < -0.3 is 21.1 Å². The number of benzene rings is 2. The maximum Gasteiger partial charge on any atom is 0.319 e. The number of hydrogen-bond acceptors (Lipinski definition) is 4. The zero-order valence-electron chi connectivity index (χ0n) is 13.9. The van der Waals surface area contributed by atoms with Crippen LogP contribution in [0.25, 0.3) is 10.8 Å². The van der Waals surface area contributed by atoms with E-state index < -0.39 is 0 Å². The Hall–Kier alpha value is -3.28. The van der Waals surface area contributed by atoms with Gasteiger partial charge in [0.25, 0.3) is 0 Å². The number of carbonyl (C=O) groups excluding carboxylic acids is 1. The molecule has 2 aromatic carbocycles. The first-order valence-corrected chi connectivity index (χ1v) is 8.00. The van der Waals surface area contributed by atoms with Gasteiger partial charge in [-0.05, 0) is 43.3 Å². The van der Waals surface area contributed by atoms with Gasteiger partial charge in [-0.2, -0.15) is 0 Å². The second-order valence-corrected chi connectivity index (χ2v) is 5.78. The van der Waals surface area contributed by atoms with Crippen LogP contribution in [0.15, 0.2) is 60.9 Å². The number of amides is 2. The molecule has 1 aromatic heterocycles. The first-order valence-electron chi connectivity index (χ1n) is 8.00. The third-order valence-corrected chi connectivity index (χ3v) is 3.69. The summed E-state index contributed by atoms with van der Waals surface area (Å²) in [5, 5.41) is 7.65. The number of aromatic nitrogens is 1. The molecule has 0 saturated heterocycles. The Kier molecular flexibility index (Phi) is 4.99. The number of rotatable bonds is 5. The molecule has 4 N–H and O–H groups in total. The first kappa shape index (κ1) is 16.6. The Morgan fingerprint density at radius 3 is 2.80 bits per heavy atom. The van der Waals surface area contributed by atoms with Gasteiger partial charge in [-0.3, -0.25) is 4.98 Å². The van der Waals surface area contributed by atoms with Crippen LogP contribution in [0.4, 0.5) is 16.2 Å². The maximum absolute atomic E-state index is 12.2. The second-order valence-electron chi connectivity index (χ2n) is 5.78. The molecule has 0 aliphatic carbocycles. The van der Waals surface area contributed by atoms with Crippen LogP contribution < -0.4 is 21.1 Å². The zero-order valence-corrected chi connectivity index (χ0v) is 13.9. The van der Waals surface area contributed by atoms with Gasteiger partial charge in [0.05, 0.1) is 11.7 Å². The fraction of sp³-hybridized carbons (Fsp3) is 0.158.